The molecule has 2 aliphatic rings. The molecule has 0 N–H and O–H groups in total. The summed E-state index contributed by atoms with van der Waals surface area (Å²) in [5.74, 6) is 0. The minimum absolute atomic E-state index is 0.350. The van der Waals surface area contributed by atoms with Crippen molar-refractivity contribution < 1.29 is 4.74 Å². The maximum absolute atomic E-state index is 5.66. The number of piperazine rings is 1. The first kappa shape index (κ1) is 10.4. The van der Waals surface area contributed by atoms with Gasteiger partial charge in [-0.25, -0.2) is 0 Å². The molecule has 0 aromatic rings. The van der Waals surface area contributed by atoms with Gasteiger partial charge in [0.25, 0.3) is 0 Å². The van der Waals surface area contributed by atoms with Gasteiger partial charge in [-0.15, -0.1) is 0 Å². The van der Waals surface area contributed by atoms with Crippen LogP contribution in [-0.2, 0) is 4.74 Å². The first-order chi connectivity index (χ1) is 6.77. The van der Waals surface area contributed by atoms with Crippen molar-refractivity contribution in [3.05, 3.63) is 0 Å². The maximum Gasteiger partial charge on any atom is 0.0662 e. The lowest BCUT2D eigenvalue weighted by atomic mass is 9.94. The summed E-state index contributed by atoms with van der Waals surface area (Å²) in [6.45, 7) is 8.76. The van der Waals surface area contributed by atoms with Crippen molar-refractivity contribution in [2.75, 3.05) is 46.4 Å². The van der Waals surface area contributed by atoms with Crippen molar-refractivity contribution in [1.82, 2.24) is 9.80 Å². The Morgan fingerprint density at radius 1 is 1.29 bits per heavy atom. The molecule has 1 unspecified atom stereocenters. The Bertz CT molecular complexity index is 198. The fourth-order valence-electron chi connectivity index (χ4n) is 2.90. The van der Waals surface area contributed by atoms with Crippen LogP contribution in [0.4, 0.5) is 0 Å². The van der Waals surface area contributed by atoms with Gasteiger partial charge in [-0.1, -0.05) is 0 Å². The van der Waals surface area contributed by atoms with Crippen LogP contribution in [0.1, 0.15) is 19.8 Å². The summed E-state index contributed by atoms with van der Waals surface area (Å²) < 4.78 is 5.66. The molecule has 1 atom stereocenters. The van der Waals surface area contributed by atoms with Crippen LogP contribution in [0.25, 0.3) is 0 Å². The summed E-state index contributed by atoms with van der Waals surface area (Å²) in [6, 6.07) is 0. The third kappa shape index (κ3) is 1.81. The second-order valence-electron chi connectivity index (χ2n) is 4.69. The summed E-state index contributed by atoms with van der Waals surface area (Å²) in [5, 5.41) is 0. The van der Waals surface area contributed by atoms with E-state index in [0.717, 1.165) is 13.2 Å². The van der Waals surface area contributed by atoms with Gasteiger partial charge < -0.3 is 9.64 Å². The highest BCUT2D eigenvalue weighted by atomic mass is 16.5. The summed E-state index contributed by atoms with van der Waals surface area (Å²) in [7, 11) is 2.23. The van der Waals surface area contributed by atoms with Gasteiger partial charge in [-0.2, -0.15) is 0 Å². The molecule has 0 aliphatic carbocycles. The molecule has 0 spiro atoms. The summed E-state index contributed by atoms with van der Waals surface area (Å²) in [5.41, 5.74) is 0.350. The first-order valence-electron chi connectivity index (χ1n) is 5.78. The summed E-state index contributed by atoms with van der Waals surface area (Å²) >= 11 is 0. The minimum atomic E-state index is 0.350. The van der Waals surface area contributed by atoms with Crippen LogP contribution in [0.2, 0.25) is 0 Å². The van der Waals surface area contributed by atoms with Gasteiger partial charge in [0, 0.05) is 26.2 Å². The predicted molar refractivity (Wildman–Crippen MR) is 57.5 cm³/mol. The van der Waals surface area contributed by atoms with Crippen molar-refractivity contribution in [3.63, 3.8) is 0 Å². The highest BCUT2D eigenvalue weighted by molar-refractivity contribution is 5.00. The predicted octanol–water partition coefficient (Wildman–Crippen LogP) is 0.803. The highest BCUT2D eigenvalue weighted by Gasteiger charge is 2.43. The van der Waals surface area contributed by atoms with Gasteiger partial charge in [0.15, 0.2) is 0 Å². The number of fused-ring (bicyclic) bond motifs is 1. The van der Waals surface area contributed by atoms with Gasteiger partial charge >= 0.3 is 0 Å². The average Bonchev–Trinajstić information content (AvgIpc) is 2.57. The van der Waals surface area contributed by atoms with E-state index >= 15 is 0 Å². The largest absolute Gasteiger partial charge is 0.380 e. The Balaban J connectivity index is 2.02. The van der Waals surface area contributed by atoms with Crippen molar-refractivity contribution in [2.24, 2.45) is 0 Å². The first-order valence-corrected chi connectivity index (χ1v) is 5.78. The van der Waals surface area contributed by atoms with Crippen LogP contribution in [0, 0.1) is 0 Å². The molecular formula is C11H22N2O. The Morgan fingerprint density at radius 3 is 2.93 bits per heavy atom. The number of ether oxygens (including phenoxy) is 1. The number of hydrogen-bond acceptors (Lipinski definition) is 3. The molecule has 82 valence electrons. The molecule has 2 rings (SSSR count). The van der Waals surface area contributed by atoms with E-state index in [9.17, 15) is 0 Å². The zero-order valence-electron chi connectivity index (χ0n) is 9.46. The molecule has 2 saturated heterocycles. The standard InChI is InChI=1S/C11H22N2O/c1-3-14-10-11-5-4-6-13(11)8-7-12(2)9-11/h3-10H2,1-2H3. The normalized spacial score (nSPS) is 34.7. The zero-order valence-corrected chi connectivity index (χ0v) is 9.46. The molecule has 14 heavy (non-hydrogen) atoms. The fraction of sp³-hybridized carbons (Fsp3) is 1.00. The van der Waals surface area contributed by atoms with Gasteiger partial charge in [0.1, 0.15) is 0 Å². The van der Waals surface area contributed by atoms with Crippen LogP contribution in [-0.4, -0.2) is 61.8 Å². The second kappa shape index (κ2) is 4.17. The van der Waals surface area contributed by atoms with Crippen molar-refractivity contribution >= 4 is 0 Å². The van der Waals surface area contributed by atoms with E-state index in [1.807, 2.05) is 0 Å². The minimum Gasteiger partial charge on any atom is -0.380 e. The van der Waals surface area contributed by atoms with E-state index in [1.165, 1.54) is 39.0 Å². The van der Waals surface area contributed by atoms with Crippen LogP contribution < -0.4 is 0 Å². The fourth-order valence-corrected chi connectivity index (χ4v) is 2.90. The third-order valence-electron chi connectivity index (χ3n) is 3.63. The number of rotatable bonds is 3. The van der Waals surface area contributed by atoms with Crippen LogP contribution in [0.3, 0.4) is 0 Å². The lowest BCUT2D eigenvalue weighted by molar-refractivity contribution is -0.0268. The van der Waals surface area contributed by atoms with E-state index in [-0.39, 0.29) is 0 Å². The molecule has 3 heteroatoms. The van der Waals surface area contributed by atoms with Crippen molar-refractivity contribution in [3.8, 4) is 0 Å². The molecule has 2 heterocycles. The summed E-state index contributed by atoms with van der Waals surface area (Å²) in [4.78, 5) is 5.09. The molecule has 0 amide bonds. The second-order valence-corrected chi connectivity index (χ2v) is 4.69. The summed E-state index contributed by atoms with van der Waals surface area (Å²) in [6.07, 6.45) is 2.66. The monoisotopic (exact) mass is 198 g/mol. The van der Waals surface area contributed by atoms with Crippen LogP contribution >= 0.6 is 0 Å². The molecule has 0 radical (unpaired) electrons. The Labute approximate surface area is 87.0 Å². The maximum atomic E-state index is 5.66. The van der Waals surface area contributed by atoms with E-state index in [1.54, 1.807) is 0 Å². The molecule has 2 fully saturated rings. The third-order valence-corrected chi connectivity index (χ3v) is 3.63. The molecule has 3 nitrogen and oxygen atoms in total. The van der Waals surface area contributed by atoms with Gasteiger partial charge in [-0.05, 0) is 33.4 Å². The van der Waals surface area contributed by atoms with E-state index in [4.69, 9.17) is 4.74 Å². The lowest BCUT2D eigenvalue weighted by Crippen LogP contribution is -2.60. The number of nitrogens with zero attached hydrogens (tertiary/aromatic N) is 2. The zero-order chi connectivity index (χ0) is 10.0. The van der Waals surface area contributed by atoms with Crippen molar-refractivity contribution in [1.29, 1.82) is 0 Å². The Morgan fingerprint density at radius 2 is 2.14 bits per heavy atom. The molecule has 0 saturated carbocycles. The molecule has 0 aromatic carbocycles. The van der Waals surface area contributed by atoms with E-state index in [2.05, 4.69) is 23.8 Å². The Kier molecular flexibility index (Phi) is 3.10. The quantitative estimate of drug-likeness (QED) is 0.667. The Hall–Kier alpha value is -0.120. The molecule has 2 aliphatic heterocycles. The van der Waals surface area contributed by atoms with Gasteiger partial charge in [-0.3, -0.25) is 4.90 Å². The molecular weight excluding hydrogens is 176 g/mol. The molecule has 0 bridgehead atoms. The lowest BCUT2D eigenvalue weighted by Gasteiger charge is -2.45. The number of likely N-dealkylation sites (N-methyl/N-ethyl adjacent to an activating group) is 1. The number of hydrogen-bond donors (Lipinski definition) is 0. The average molecular weight is 198 g/mol. The van der Waals surface area contributed by atoms with Gasteiger partial charge in [0.2, 0.25) is 0 Å². The van der Waals surface area contributed by atoms with E-state index < -0.39 is 0 Å². The van der Waals surface area contributed by atoms with Gasteiger partial charge in [0.05, 0.1) is 12.1 Å². The highest BCUT2D eigenvalue weighted by Crippen LogP contribution is 2.32. The molecule has 0 aromatic heterocycles. The van der Waals surface area contributed by atoms with Crippen molar-refractivity contribution in [2.45, 2.75) is 25.3 Å². The van der Waals surface area contributed by atoms with E-state index in [0.29, 0.717) is 5.54 Å². The van der Waals surface area contributed by atoms with Crippen LogP contribution in [0.15, 0.2) is 0 Å². The topological polar surface area (TPSA) is 15.7 Å². The smallest absolute Gasteiger partial charge is 0.0662 e. The SMILES string of the molecule is CCOCC12CCCN1CCN(C)C2. The van der Waals surface area contributed by atoms with Crippen LogP contribution in [0.5, 0.6) is 0 Å².